The van der Waals surface area contributed by atoms with Gasteiger partial charge >= 0.3 is 0 Å². The van der Waals surface area contributed by atoms with E-state index in [4.69, 9.17) is 25.5 Å². The molecule has 9 heteroatoms. The van der Waals surface area contributed by atoms with Gasteiger partial charge in [0.15, 0.2) is 0 Å². The van der Waals surface area contributed by atoms with Crippen LogP contribution in [-0.4, -0.2) is 21.2 Å². The van der Waals surface area contributed by atoms with Gasteiger partial charge in [-0.25, -0.2) is 0 Å². The Bertz CT molecular complexity index is 1080. The molecule has 3 rings (SSSR count). The second kappa shape index (κ2) is 9.49. The molecular formula is C20H19ClN2O5S. The normalized spacial score (nSPS) is 11.5. The van der Waals surface area contributed by atoms with Crippen LogP contribution < -0.4 is 14.3 Å². The fraction of sp³-hybridized carbons (Fsp3) is 0.150. The lowest BCUT2D eigenvalue weighted by atomic mass is 10.3. The molecule has 0 radical (unpaired) electrons. The highest BCUT2D eigenvalue weighted by Gasteiger charge is 2.12. The fourth-order valence-corrected chi connectivity index (χ4v) is 3.32. The van der Waals surface area contributed by atoms with Crippen molar-refractivity contribution < 1.29 is 22.3 Å². The number of hydrogen-bond acceptors (Lipinski definition) is 6. The Morgan fingerprint density at radius 2 is 1.86 bits per heavy atom. The Balaban J connectivity index is 1.56. The standard InChI is InChI=1S/C20H19ClN2O5S/c1-2-26-16-8-10-20(11-9-16)29(24,25)23-22-13-18-6-7-19(28-18)14-27-17-5-3-4-15(21)12-17/h3-13,23H,2,14H2,1H3/b22-13+. The van der Waals surface area contributed by atoms with Crippen LogP contribution in [0.25, 0.3) is 0 Å². The van der Waals surface area contributed by atoms with Gasteiger partial charge < -0.3 is 13.9 Å². The second-order valence-electron chi connectivity index (χ2n) is 5.81. The van der Waals surface area contributed by atoms with Crippen LogP contribution in [0.3, 0.4) is 0 Å². The van der Waals surface area contributed by atoms with E-state index in [-0.39, 0.29) is 11.5 Å². The average molecular weight is 435 g/mol. The molecule has 1 aromatic heterocycles. The highest BCUT2D eigenvalue weighted by Crippen LogP contribution is 2.19. The third kappa shape index (κ3) is 6.00. The number of hydrazone groups is 1. The molecule has 0 bridgehead atoms. The van der Waals surface area contributed by atoms with E-state index in [1.807, 2.05) is 6.92 Å². The summed E-state index contributed by atoms with van der Waals surface area (Å²) in [5.41, 5.74) is 0. The number of nitrogens with zero attached hydrogens (tertiary/aromatic N) is 1. The minimum atomic E-state index is -3.79. The van der Waals surface area contributed by atoms with Crippen LogP contribution in [0.2, 0.25) is 5.02 Å². The van der Waals surface area contributed by atoms with Crippen LogP contribution in [0.5, 0.6) is 11.5 Å². The lowest BCUT2D eigenvalue weighted by Gasteiger charge is -2.05. The maximum atomic E-state index is 12.3. The fourth-order valence-electron chi connectivity index (χ4n) is 2.35. The summed E-state index contributed by atoms with van der Waals surface area (Å²) in [6, 6.07) is 16.5. The van der Waals surface area contributed by atoms with Gasteiger partial charge in [0, 0.05) is 5.02 Å². The van der Waals surface area contributed by atoms with Crippen molar-refractivity contribution >= 4 is 27.8 Å². The van der Waals surface area contributed by atoms with Crippen LogP contribution in [0.15, 0.2) is 75.1 Å². The van der Waals surface area contributed by atoms with Crippen molar-refractivity contribution in [3.8, 4) is 11.5 Å². The van der Waals surface area contributed by atoms with E-state index in [1.54, 1.807) is 48.5 Å². The van der Waals surface area contributed by atoms with Crippen LogP contribution in [0.4, 0.5) is 0 Å². The summed E-state index contributed by atoms with van der Waals surface area (Å²) in [5, 5.41) is 4.32. The van der Waals surface area contributed by atoms with Crippen molar-refractivity contribution in [1.29, 1.82) is 0 Å². The molecule has 1 N–H and O–H groups in total. The van der Waals surface area contributed by atoms with Gasteiger partial charge in [-0.05, 0) is 61.5 Å². The maximum absolute atomic E-state index is 12.3. The van der Waals surface area contributed by atoms with Gasteiger partial charge in [-0.15, -0.1) is 0 Å². The lowest BCUT2D eigenvalue weighted by molar-refractivity contribution is 0.270. The molecule has 152 valence electrons. The van der Waals surface area contributed by atoms with E-state index >= 15 is 0 Å². The highest BCUT2D eigenvalue weighted by molar-refractivity contribution is 7.89. The molecule has 0 fully saturated rings. The lowest BCUT2D eigenvalue weighted by Crippen LogP contribution is -2.18. The van der Waals surface area contributed by atoms with Gasteiger partial charge in [-0.2, -0.15) is 18.4 Å². The topological polar surface area (TPSA) is 90.1 Å². The molecule has 0 atom stereocenters. The molecule has 3 aromatic rings. The maximum Gasteiger partial charge on any atom is 0.276 e. The van der Waals surface area contributed by atoms with E-state index in [0.29, 0.717) is 34.6 Å². The third-order valence-electron chi connectivity index (χ3n) is 3.67. The summed E-state index contributed by atoms with van der Waals surface area (Å²) in [5.74, 6) is 2.15. The summed E-state index contributed by atoms with van der Waals surface area (Å²) in [7, 11) is -3.79. The first kappa shape index (κ1) is 20.8. The van der Waals surface area contributed by atoms with Crippen LogP contribution in [0.1, 0.15) is 18.4 Å². The van der Waals surface area contributed by atoms with Crippen LogP contribution in [-0.2, 0) is 16.6 Å². The van der Waals surface area contributed by atoms with Crippen molar-refractivity contribution in [3.63, 3.8) is 0 Å². The minimum absolute atomic E-state index is 0.0770. The average Bonchev–Trinajstić information content (AvgIpc) is 3.15. The molecule has 0 saturated carbocycles. The third-order valence-corrected chi connectivity index (χ3v) is 5.14. The molecule has 0 amide bonds. The molecule has 7 nitrogen and oxygen atoms in total. The van der Waals surface area contributed by atoms with Gasteiger partial charge in [0.1, 0.15) is 29.6 Å². The molecule has 0 aliphatic heterocycles. The first-order chi connectivity index (χ1) is 14.0. The van der Waals surface area contributed by atoms with Crippen molar-refractivity contribution in [2.24, 2.45) is 5.10 Å². The number of halogens is 1. The molecule has 0 unspecified atom stereocenters. The summed E-state index contributed by atoms with van der Waals surface area (Å²) < 4.78 is 40.9. The van der Waals surface area contributed by atoms with E-state index in [0.717, 1.165) is 0 Å². The number of hydrogen-bond donors (Lipinski definition) is 1. The van der Waals surface area contributed by atoms with Gasteiger partial charge in [-0.3, -0.25) is 0 Å². The van der Waals surface area contributed by atoms with Gasteiger partial charge in [0.25, 0.3) is 10.0 Å². The smallest absolute Gasteiger partial charge is 0.276 e. The highest BCUT2D eigenvalue weighted by atomic mass is 35.5. The van der Waals surface area contributed by atoms with Crippen LogP contribution >= 0.6 is 11.6 Å². The van der Waals surface area contributed by atoms with Crippen molar-refractivity contribution in [3.05, 3.63) is 77.2 Å². The number of furan rings is 1. The van der Waals surface area contributed by atoms with E-state index in [1.165, 1.54) is 18.3 Å². The van der Waals surface area contributed by atoms with Crippen LogP contribution in [0, 0.1) is 0 Å². The zero-order valence-corrected chi connectivity index (χ0v) is 17.1. The predicted molar refractivity (Wildman–Crippen MR) is 110 cm³/mol. The predicted octanol–water partition coefficient (Wildman–Crippen LogP) is 4.22. The zero-order chi connectivity index (χ0) is 20.7. The molecule has 0 saturated heterocycles. The first-order valence-electron chi connectivity index (χ1n) is 8.71. The Labute approximate surface area is 174 Å². The molecule has 0 aliphatic carbocycles. The quantitative estimate of drug-likeness (QED) is 0.402. The number of rotatable bonds is 9. The molecule has 1 heterocycles. The summed E-state index contributed by atoms with van der Waals surface area (Å²) >= 11 is 5.91. The molecular weight excluding hydrogens is 416 g/mol. The second-order valence-corrected chi connectivity index (χ2v) is 7.90. The van der Waals surface area contributed by atoms with Gasteiger partial charge in [-0.1, -0.05) is 17.7 Å². The first-order valence-corrected chi connectivity index (χ1v) is 10.6. The summed E-state index contributed by atoms with van der Waals surface area (Å²) in [6.45, 7) is 2.56. The van der Waals surface area contributed by atoms with Gasteiger partial charge in [0.05, 0.1) is 17.7 Å². The summed E-state index contributed by atoms with van der Waals surface area (Å²) in [4.78, 5) is 2.22. The Morgan fingerprint density at radius 1 is 1.07 bits per heavy atom. The van der Waals surface area contributed by atoms with Gasteiger partial charge in [0.2, 0.25) is 0 Å². The largest absolute Gasteiger partial charge is 0.494 e. The zero-order valence-electron chi connectivity index (χ0n) is 15.5. The molecule has 2 aromatic carbocycles. The molecule has 29 heavy (non-hydrogen) atoms. The Morgan fingerprint density at radius 3 is 2.59 bits per heavy atom. The van der Waals surface area contributed by atoms with E-state index < -0.39 is 10.0 Å². The molecule has 0 aliphatic rings. The van der Waals surface area contributed by atoms with E-state index in [2.05, 4.69) is 9.93 Å². The monoisotopic (exact) mass is 434 g/mol. The number of sulfonamides is 1. The Kier molecular flexibility index (Phi) is 6.79. The van der Waals surface area contributed by atoms with Crippen molar-refractivity contribution in [1.82, 2.24) is 4.83 Å². The molecule has 0 spiro atoms. The minimum Gasteiger partial charge on any atom is -0.494 e. The van der Waals surface area contributed by atoms with Crippen molar-refractivity contribution in [2.75, 3.05) is 6.61 Å². The number of nitrogens with one attached hydrogen (secondary N) is 1. The van der Waals surface area contributed by atoms with E-state index in [9.17, 15) is 8.42 Å². The SMILES string of the molecule is CCOc1ccc(S(=O)(=O)N/N=C/c2ccc(COc3cccc(Cl)c3)o2)cc1. The number of ether oxygens (including phenoxy) is 2. The van der Waals surface area contributed by atoms with Crippen molar-refractivity contribution in [2.45, 2.75) is 18.4 Å². The Hall–Kier alpha value is -2.97. The summed E-state index contributed by atoms with van der Waals surface area (Å²) in [6.07, 6.45) is 1.27. The number of benzene rings is 2.